The van der Waals surface area contributed by atoms with Crippen LogP contribution in [0.25, 0.3) is 0 Å². The van der Waals surface area contributed by atoms with Crippen molar-refractivity contribution in [3.63, 3.8) is 0 Å². The van der Waals surface area contributed by atoms with E-state index in [4.69, 9.17) is 10.5 Å². The van der Waals surface area contributed by atoms with Crippen LogP contribution in [0.2, 0.25) is 0 Å². The minimum atomic E-state index is 0.0991. The van der Waals surface area contributed by atoms with Crippen molar-refractivity contribution in [3.05, 3.63) is 35.9 Å². The Morgan fingerprint density at radius 1 is 1.21 bits per heavy atom. The van der Waals surface area contributed by atoms with E-state index in [0.29, 0.717) is 5.92 Å². The molecule has 0 aliphatic carbocycles. The quantitative estimate of drug-likeness (QED) is 0.903. The number of rotatable bonds is 3. The molecule has 3 heteroatoms. The molecule has 0 radical (unpaired) electrons. The zero-order valence-electron chi connectivity index (χ0n) is 11.6. The highest BCUT2D eigenvalue weighted by Gasteiger charge is 2.45. The van der Waals surface area contributed by atoms with Gasteiger partial charge in [0.15, 0.2) is 0 Å². The number of hydrogen-bond acceptors (Lipinski definition) is 3. The van der Waals surface area contributed by atoms with Gasteiger partial charge in [0, 0.05) is 32.2 Å². The Labute approximate surface area is 115 Å². The average Bonchev–Trinajstić information content (AvgIpc) is 2.85. The Kier molecular flexibility index (Phi) is 3.87. The highest BCUT2D eigenvalue weighted by atomic mass is 16.5. The lowest BCUT2D eigenvalue weighted by Crippen LogP contribution is -2.49. The predicted octanol–water partition coefficient (Wildman–Crippen LogP) is 2.02. The Morgan fingerprint density at radius 3 is 2.63 bits per heavy atom. The van der Waals surface area contributed by atoms with Crippen LogP contribution in [-0.2, 0) is 11.3 Å². The van der Waals surface area contributed by atoms with Crippen LogP contribution in [0.15, 0.2) is 30.3 Å². The summed E-state index contributed by atoms with van der Waals surface area (Å²) >= 11 is 0. The normalized spacial score (nSPS) is 26.9. The molecule has 0 amide bonds. The van der Waals surface area contributed by atoms with Gasteiger partial charge in [-0.15, -0.1) is 0 Å². The maximum Gasteiger partial charge on any atom is 0.0747 e. The summed E-state index contributed by atoms with van der Waals surface area (Å²) in [5.74, 6) is 0.575. The van der Waals surface area contributed by atoms with E-state index in [1.165, 1.54) is 5.56 Å². The fourth-order valence-corrected chi connectivity index (χ4v) is 3.60. The van der Waals surface area contributed by atoms with Gasteiger partial charge >= 0.3 is 0 Å². The first-order valence-electron chi connectivity index (χ1n) is 7.43. The van der Waals surface area contributed by atoms with E-state index >= 15 is 0 Å². The van der Waals surface area contributed by atoms with E-state index in [2.05, 4.69) is 35.2 Å². The molecular weight excluding hydrogens is 236 g/mol. The maximum absolute atomic E-state index is 6.08. The van der Waals surface area contributed by atoms with Crippen LogP contribution in [0.3, 0.4) is 0 Å². The van der Waals surface area contributed by atoms with E-state index in [1.807, 2.05) is 0 Å². The first-order valence-corrected chi connectivity index (χ1v) is 7.43. The topological polar surface area (TPSA) is 38.5 Å². The largest absolute Gasteiger partial charge is 0.375 e. The van der Waals surface area contributed by atoms with Gasteiger partial charge < -0.3 is 10.5 Å². The van der Waals surface area contributed by atoms with Crippen molar-refractivity contribution < 1.29 is 4.74 Å². The summed E-state index contributed by atoms with van der Waals surface area (Å²) in [4.78, 5) is 2.54. The van der Waals surface area contributed by atoms with Crippen LogP contribution in [0.4, 0.5) is 0 Å². The van der Waals surface area contributed by atoms with Crippen LogP contribution < -0.4 is 5.73 Å². The zero-order valence-corrected chi connectivity index (χ0v) is 11.6. The van der Waals surface area contributed by atoms with Gasteiger partial charge in [-0.25, -0.2) is 0 Å². The fraction of sp³-hybridized carbons (Fsp3) is 0.625. The van der Waals surface area contributed by atoms with Gasteiger partial charge in [-0.2, -0.15) is 0 Å². The smallest absolute Gasteiger partial charge is 0.0747 e. The van der Waals surface area contributed by atoms with Crippen molar-refractivity contribution in [1.82, 2.24) is 4.90 Å². The average molecular weight is 260 g/mol. The van der Waals surface area contributed by atoms with Crippen LogP contribution in [0.5, 0.6) is 0 Å². The lowest BCUT2D eigenvalue weighted by Gasteiger charge is -2.42. The van der Waals surface area contributed by atoms with Gasteiger partial charge in [-0.05, 0) is 31.4 Å². The molecule has 0 bridgehead atoms. The molecule has 1 aromatic carbocycles. The van der Waals surface area contributed by atoms with E-state index < -0.39 is 0 Å². The molecule has 1 spiro atoms. The van der Waals surface area contributed by atoms with Gasteiger partial charge in [0.2, 0.25) is 0 Å². The Morgan fingerprint density at radius 2 is 1.95 bits per heavy atom. The van der Waals surface area contributed by atoms with Gasteiger partial charge in [0.1, 0.15) is 0 Å². The number of nitrogens with two attached hydrogens (primary N) is 1. The number of ether oxygens (including phenoxy) is 1. The highest BCUT2D eigenvalue weighted by Crippen LogP contribution is 2.40. The lowest BCUT2D eigenvalue weighted by atomic mass is 9.79. The van der Waals surface area contributed by atoms with Gasteiger partial charge in [-0.1, -0.05) is 30.3 Å². The second-order valence-electron chi connectivity index (χ2n) is 5.90. The summed E-state index contributed by atoms with van der Waals surface area (Å²) in [6.45, 7) is 5.00. The standard InChI is InChI=1S/C16H24N2O/c17-12-15-6-11-19-16(15)7-9-18(10-8-16)13-14-4-2-1-3-5-14/h1-5,15H,6-13,17H2. The van der Waals surface area contributed by atoms with Gasteiger partial charge in [0.25, 0.3) is 0 Å². The number of likely N-dealkylation sites (tertiary alicyclic amines) is 1. The molecule has 2 saturated heterocycles. The third-order valence-electron chi connectivity index (χ3n) is 4.84. The van der Waals surface area contributed by atoms with E-state index in [-0.39, 0.29) is 5.60 Å². The SMILES string of the molecule is NCC1CCOC12CCN(Cc1ccccc1)CC2. The number of nitrogens with zero attached hydrogens (tertiary/aromatic N) is 1. The van der Waals surface area contributed by atoms with Gasteiger partial charge in [0.05, 0.1) is 5.60 Å². The summed E-state index contributed by atoms with van der Waals surface area (Å²) in [6.07, 6.45) is 3.43. The van der Waals surface area contributed by atoms with Crippen molar-refractivity contribution in [2.45, 2.75) is 31.4 Å². The van der Waals surface area contributed by atoms with Crippen LogP contribution in [0, 0.1) is 5.92 Å². The van der Waals surface area contributed by atoms with E-state index in [9.17, 15) is 0 Å². The summed E-state index contributed by atoms with van der Waals surface area (Å²) in [5.41, 5.74) is 7.41. The predicted molar refractivity (Wildman–Crippen MR) is 76.8 cm³/mol. The first-order chi connectivity index (χ1) is 9.32. The molecule has 2 fully saturated rings. The molecule has 1 aromatic rings. The Hall–Kier alpha value is -0.900. The van der Waals surface area contributed by atoms with Crippen molar-refractivity contribution in [2.75, 3.05) is 26.2 Å². The van der Waals surface area contributed by atoms with Gasteiger partial charge in [-0.3, -0.25) is 4.90 Å². The second kappa shape index (κ2) is 5.61. The minimum absolute atomic E-state index is 0.0991. The molecule has 1 unspecified atom stereocenters. The van der Waals surface area contributed by atoms with Crippen LogP contribution in [0.1, 0.15) is 24.8 Å². The molecule has 2 aliphatic heterocycles. The number of piperidine rings is 1. The van der Waals surface area contributed by atoms with Crippen LogP contribution >= 0.6 is 0 Å². The first kappa shape index (κ1) is 13.1. The molecule has 3 nitrogen and oxygen atoms in total. The number of benzene rings is 1. The Balaban J connectivity index is 1.58. The molecule has 1 atom stereocenters. The molecule has 2 heterocycles. The maximum atomic E-state index is 6.08. The molecule has 104 valence electrons. The summed E-state index contributed by atoms with van der Waals surface area (Å²) in [7, 11) is 0. The monoisotopic (exact) mass is 260 g/mol. The molecule has 3 rings (SSSR count). The zero-order chi connectivity index (χ0) is 13.1. The van der Waals surface area contributed by atoms with Crippen molar-refractivity contribution in [2.24, 2.45) is 11.7 Å². The second-order valence-corrected chi connectivity index (χ2v) is 5.90. The molecular formula is C16H24N2O. The molecule has 0 aromatic heterocycles. The fourth-order valence-electron chi connectivity index (χ4n) is 3.60. The van der Waals surface area contributed by atoms with E-state index in [1.54, 1.807) is 0 Å². The third kappa shape index (κ3) is 2.69. The van der Waals surface area contributed by atoms with E-state index in [0.717, 1.165) is 52.0 Å². The van der Waals surface area contributed by atoms with Crippen molar-refractivity contribution in [3.8, 4) is 0 Å². The summed E-state index contributed by atoms with van der Waals surface area (Å²) < 4.78 is 6.08. The molecule has 0 saturated carbocycles. The third-order valence-corrected chi connectivity index (χ3v) is 4.84. The molecule has 2 N–H and O–H groups in total. The summed E-state index contributed by atoms with van der Waals surface area (Å²) in [5, 5.41) is 0. The minimum Gasteiger partial charge on any atom is -0.375 e. The summed E-state index contributed by atoms with van der Waals surface area (Å²) in [6, 6.07) is 10.7. The molecule has 2 aliphatic rings. The Bertz CT molecular complexity index is 398. The number of hydrogen-bond donors (Lipinski definition) is 1. The molecule has 19 heavy (non-hydrogen) atoms. The van der Waals surface area contributed by atoms with Crippen molar-refractivity contribution >= 4 is 0 Å². The van der Waals surface area contributed by atoms with Crippen molar-refractivity contribution in [1.29, 1.82) is 0 Å². The highest BCUT2D eigenvalue weighted by molar-refractivity contribution is 5.14. The lowest BCUT2D eigenvalue weighted by molar-refractivity contribution is -0.0660. The van der Waals surface area contributed by atoms with Crippen LogP contribution in [-0.4, -0.2) is 36.7 Å².